The minimum atomic E-state index is -0.213. The van der Waals surface area contributed by atoms with E-state index < -0.39 is 0 Å². The topological polar surface area (TPSA) is 54.0 Å². The zero-order chi connectivity index (χ0) is 12.5. The second kappa shape index (κ2) is 4.40. The maximum absolute atomic E-state index is 11.6. The lowest BCUT2D eigenvalue weighted by Crippen LogP contribution is -2.11. The fraction of sp³-hybridized carbons (Fsp3) is 0.462. The molecule has 2 aliphatic heterocycles. The molecule has 0 aromatic heterocycles. The summed E-state index contributed by atoms with van der Waals surface area (Å²) in [5.41, 5.74) is 0.929. The predicted octanol–water partition coefficient (Wildman–Crippen LogP) is 1.84. The second-order valence-corrected chi connectivity index (χ2v) is 4.23. The molecular formula is C13H14O5. The lowest BCUT2D eigenvalue weighted by molar-refractivity contribution is -0.143. The molecule has 0 N–H and O–H groups in total. The highest BCUT2D eigenvalue weighted by molar-refractivity contribution is 5.72. The number of benzene rings is 1. The summed E-state index contributed by atoms with van der Waals surface area (Å²) in [4.78, 5) is 11.6. The Bertz CT molecular complexity index is 483. The summed E-state index contributed by atoms with van der Waals surface area (Å²) >= 11 is 0. The number of fused-ring (bicyclic) bond motifs is 3. The van der Waals surface area contributed by atoms with Crippen molar-refractivity contribution in [2.45, 2.75) is 19.3 Å². The first-order chi connectivity index (χ1) is 8.79. The van der Waals surface area contributed by atoms with E-state index in [1.165, 1.54) is 0 Å². The zero-order valence-electron chi connectivity index (χ0n) is 10.1. The summed E-state index contributed by atoms with van der Waals surface area (Å²) in [6.45, 7) is 2.89. The van der Waals surface area contributed by atoms with Gasteiger partial charge in [-0.2, -0.15) is 0 Å². The number of carbonyl (C=O) groups is 1. The molecule has 1 aromatic carbocycles. The highest BCUT2D eigenvalue weighted by atomic mass is 16.7. The van der Waals surface area contributed by atoms with Crippen molar-refractivity contribution in [1.29, 1.82) is 0 Å². The van der Waals surface area contributed by atoms with Crippen molar-refractivity contribution in [3.63, 3.8) is 0 Å². The largest absolute Gasteiger partial charge is 0.492 e. The summed E-state index contributed by atoms with van der Waals surface area (Å²) in [5, 5.41) is 0. The van der Waals surface area contributed by atoms with Crippen LogP contribution in [0.25, 0.3) is 0 Å². The fourth-order valence-corrected chi connectivity index (χ4v) is 2.34. The van der Waals surface area contributed by atoms with Crippen LogP contribution in [0.2, 0.25) is 0 Å². The first-order valence-electron chi connectivity index (χ1n) is 6.00. The van der Waals surface area contributed by atoms with Crippen LogP contribution in [0.3, 0.4) is 0 Å². The lowest BCUT2D eigenvalue weighted by Gasteiger charge is -2.09. The van der Waals surface area contributed by atoms with Crippen molar-refractivity contribution in [3.8, 4) is 17.2 Å². The predicted molar refractivity (Wildman–Crippen MR) is 62.1 cm³/mol. The smallest absolute Gasteiger partial charge is 0.306 e. The Morgan fingerprint density at radius 1 is 1.33 bits per heavy atom. The third kappa shape index (κ3) is 1.75. The molecule has 0 fully saturated rings. The van der Waals surface area contributed by atoms with E-state index in [1.807, 2.05) is 12.1 Å². The molecule has 2 heterocycles. The Kier molecular flexibility index (Phi) is 2.74. The van der Waals surface area contributed by atoms with E-state index in [1.54, 1.807) is 6.92 Å². The number of esters is 1. The molecule has 0 radical (unpaired) electrons. The van der Waals surface area contributed by atoms with Gasteiger partial charge in [0, 0.05) is 11.5 Å². The van der Waals surface area contributed by atoms with Crippen LogP contribution in [0.4, 0.5) is 0 Å². The molecule has 3 rings (SSSR count). The van der Waals surface area contributed by atoms with E-state index in [0.717, 1.165) is 11.3 Å². The molecule has 5 nitrogen and oxygen atoms in total. The van der Waals surface area contributed by atoms with Crippen LogP contribution in [0.5, 0.6) is 17.2 Å². The summed E-state index contributed by atoms with van der Waals surface area (Å²) in [7, 11) is 0. The number of hydrogen-bond donors (Lipinski definition) is 0. The van der Waals surface area contributed by atoms with E-state index in [-0.39, 0.29) is 18.7 Å². The van der Waals surface area contributed by atoms with Crippen LogP contribution in [-0.4, -0.2) is 26.0 Å². The van der Waals surface area contributed by atoms with Gasteiger partial charge in [-0.3, -0.25) is 4.79 Å². The lowest BCUT2D eigenvalue weighted by atomic mass is 9.96. The van der Waals surface area contributed by atoms with Gasteiger partial charge in [0.2, 0.25) is 6.79 Å². The highest BCUT2D eigenvalue weighted by Crippen LogP contribution is 2.48. The number of carbonyl (C=O) groups excluding carboxylic acids is 1. The van der Waals surface area contributed by atoms with E-state index in [0.29, 0.717) is 31.1 Å². The van der Waals surface area contributed by atoms with Crippen molar-refractivity contribution < 1.29 is 23.7 Å². The minimum absolute atomic E-state index is 0.0179. The van der Waals surface area contributed by atoms with Gasteiger partial charge in [0.05, 0.1) is 19.6 Å². The van der Waals surface area contributed by atoms with Gasteiger partial charge in [-0.05, 0) is 19.1 Å². The molecule has 2 aliphatic rings. The van der Waals surface area contributed by atoms with Crippen molar-refractivity contribution >= 4 is 5.97 Å². The number of ether oxygens (including phenoxy) is 4. The van der Waals surface area contributed by atoms with Crippen molar-refractivity contribution in [2.24, 2.45) is 0 Å². The van der Waals surface area contributed by atoms with Crippen LogP contribution in [-0.2, 0) is 9.53 Å². The molecule has 0 aliphatic carbocycles. The molecule has 96 valence electrons. The third-order valence-corrected chi connectivity index (χ3v) is 3.10. The van der Waals surface area contributed by atoms with Gasteiger partial charge < -0.3 is 18.9 Å². The maximum atomic E-state index is 11.6. The van der Waals surface area contributed by atoms with Crippen molar-refractivity contribution in [3.05, 3.63) is 17.7 Å². The van der Waals surface area contributed by atoms with Gasteiger partial charge in [-0.25, -0.2) is 0 Å². The monoisotopic (exact) mass is 250 g/mol. The number of hydrogen-bond acceptors (Lipinski definition) is 5. The Hall–Kier alpha value is -1.91. The molecule has 1 unspecified atom stereocenters. The molecule has 5 heteroatoms. The zero-order valence-corrected chi connectivity index (χ0v) is 10.1. The van der Waals surface area contributed by atoms with E-state index in [2.05, 4.69) is 0 Å². The Labute approximate surface area is 105 Å². The highest BCUT2D eigenvalue weighted by Gasteiger charge is 2.34. The first kappa shape index (κ1) is 11.2. The van der Waals surface area contributed by atoms with Crippen LogP contribution in [0, 0.1) is 0 Å². The maximum Gasteiger partial charge on any atom is 0.306 e. The van der Waals surface area contributed by atoms with Crippen LogP contribution < -0.4 is 14.2 Å². The first-order valence-corrected chi connectivity index (χ1v) is 6.00. The van der Waals surface area contributed by atoms with Gasteiger partial charge >= 0.3 is 5.97 Å². The molecule has 1 aromatic rings. The van der Waals surface area contributed by atoms with Crippen LogP contribution >= 0.6 is 0 Å². The molecule has 0 saturated heterocycles. The molecule has 0 spiro atoms. The van der Waals surface area contributed by atoms with Gasteiger partial charge in [-0.15, -0.1) is 0 Å². The summed E-state index contributed by atoms with van der Waals surface area (Å²) in [6.07, 6.45) is 0.306. The van der Waals surface area contributed by atoms with Crippen LogP contribution in [0.1, 0.15) is 24.8 Å². The van der Waals surface area contributed by atoms with Crippen molar-refractivity contribution in [2.75, 3.05) is 20.0 Å². The Morgan fingerprint density at radius 2 is 2.17 bits per heavy atom. The standard InChI is InChI=1S/C13H14O5/c1-2-15-11(14)5-8-6-16-9-3-4-10-13(12(8)9)18-7-17-10/h3-4,8H,2,5-7H2,1H3. The molecule has 0 saturated carbocycles. The third-order valence-electron chi connectivity index (χ3n) is 3.10. The molecule has 18 heavy (non-hydrogen) atoms. The summed E-state index contributed by atoms with van der Waals surface area (Å²) in [5.74, 6) is 1.96. The molecule has 0 bridgehead atoms. The average Bonchev–Trinajstić information content (AvgIpc) is 2.94. The van der Waals surface area contributed by atoms with Crippen LogP contribution in [0.15, 0.2) is 12.1 Å². The van der Waals surface area contributed by atoms with Gasteiger partial charge in [0.25, 0.3) is 0 Å². The van der Waals surface area contributed by atoms with Gasteiger partial charge in [0.1, 0.15) is 5.75 Å². The fourth-order valence-electron chi connectivity index (χ4n) is 2.34. The second-order valence-electron chi connectivity index (χ2n) is 4.23. The summed E-state index contributed by atoms with van der Waals surface area (Å²) < 4.78 is 21.3. The quantitative estimate of drug-likeness (QED) is 0.766. The van der Waals surface area contributed by atoms with Gasteiger partial charge in [-0.1, -0.05) is 0 Å². The molecular weight excluding hydrogens is 236 g/mol. The molecule has 1 atom stereocenters. The van der Waals surface area contributed by atoms with E-state index >= 15 is 0 Å². The van der Waals surface area contributed by atoms with E-state index in [9.17, 15) is 4.79 Å². The van der Waals surface area contributed by atoms with Crippen molar-refractivity contribution in [1.82, 2.24) is 0 Å². The normalized spacial score (nSPS) is 19.3. The Balaban J connectivity index is 1.87. The average molecular weight is 250 g/mol. The SMILES string of the molecule is CCOC(=O)CC1COc2ccc3c(c21)OCO3. The summed E-state index contributed by atoms with van der Waals surface area (Å²) in [6, 6.07) is 3.68. The molecule has 0 amide bonds. The van der Waals surface area contributed by atoms with E-state index in [4.69, 9.17) is 18.9 Å². The minimum Gasteiger partial charge on any atom is -0.492 e. The van der Waals surface area contributed by atoms with Gasteiger partial charge in [0.15, 0.2) is 11.5 Å². The Morgan fingerprint density at radius 3 is 3.00 bits per heavy atom. The number of rotatable bonds is 3.